The third-order valence-electron chi connectivity index (χ3n) is 2.10. The van der Waals surface area contributed by atoms with Gasteiger partial charge in [-0.15, -0.1) is 0 Å². The van der Waals surface area contributed by atoms with Crippen molar-refractivity contribution in [2.45, 2.75) is 6.42 Å². The molecule has 1 aromatic carbocycles. The van der Waals surface area contributed by atoms with Gasteiger partial charge in [0.1, 0.15) is 5.75 Å². The van der Waals surface area contributed by atoms with Crippen LogP contribution in [0.4, 0.5) is 0 Å². The van der Waals surface area contributed by atoms with Gasteiger partial charge in [0.05, 0.1) is 18.2 Å². The average Bonchev–Trinajstić information content (AvgIpc) is 2.25. The topological polar surface area (TPSA) is 41.5 Å². The van der Waals surface area contributed by atoms with Crippen LogP contribution in [-0.4, -0.2) is 31.9 Å². The average molecular weight is 274 g/mol. The molecular weight excluding hydrogens is 258 g/mol. The van der Waals surface area contributed by atoms with E-state index in [0.29, 0.717) is 6.54 Å². The van der Waals surface area contributed by atoms with Crippen LogP contribution in [0.2, 0.25) is 0 Å². The second-order valence-corrected chi connectivity index (χ2v) is 4.05. The summed E-state index contributed by atoms with van der Waals surface area (Å²) in [6.45, 7) is 1.71. The molecule has 0 saturated carbocycles. The molecule has 0 aliphatic heterocycles. The maximum absolute atomic E-state index is 8.59. The first-order valence-electron chi connectivity index (χ1n) is 4.92. The van der Waals surface area contributed by atoms with E-state index in [1.807, 2.05) is 12.1 Å². The molecule has 0 unspecified atom stereocenters. The van der Waals surface area contributed by atoms with Crippen molar-refractivity contribution in [1.82, 2.24) is 5.32 Å². The molecule has 0 atom stereocenters. The molecule has 0 aliphatic carbocycles. The predicted molar refractivity (Wildman–Crippen MR) is 64.4 cm³/mol. The van der Waals surface area contributed by atoms with Crippen molar-refractivity contribution in [2.24, 2.45) is 0 Å². The van der Waals surface area contributed by atoms with E-state index in [0.717, 1.165) is 23.2 Å². The van der Waals surface area contributed by atoms with Gasteiger partial charge in [-0.05, 0) is 46.6 Å². The molecule has 0 spiro atoms. The van der Waals surface area contributed by atoms with E-state index in [1.54, 1.807) is 7.11 Å². The lowest BCUT2D eigenvalue weighted by molar-refractivity contribution is 0.293. The number of benzene rings is 1. The van der Waals surface area contributed by atoms with Crippen LogP contribution < -0.4 is 10.1 Å². The Morgan fingerprint density at radius 1 is 1.40 bits per heavy atom. The Labute approximate surface area is 98.6 Å². The fraction of sp³-hybridized carbons (Fsp3) is 0.455. The van der Waals surface area contributed by atoms with Crippen LogP contribution in [0.1, 0.15) is 5.56 Å². The molecule has 0 heterocycles. The molecule has 2 N–H and O–H groups in total. The van der Waals surface area contributed by atoms with E-state index >= 15 is 0 Å². The van der Waals surface area contributed by atoms with Crippen molar-refractivity contribution in [3.05, 3.63) is 28.2 Å². The van der Waals surface area contributed by atoms with Crippen molar-refractivity contribution in [1.29, 1.82) is 0 Å². The number of rotatable bonds is 6. The molecule has 0 aliphatic rings. The zero-order chi connectivity index (χ0) is 11.1. The summed E-state index contributed by atoms with van der Waals surface area (Å²) in [5.74, 6) is 0.849. The molecule has 3 nitrogen and oxygen atoms in total. The van der Waals surface area contributed by atoms with Crippen molar-refractivity contribution < 1.29 is 9.84 Å². The summed E-state index contributed by atoms with van der Waals surface area (Å²) in [6, 6.07) is 6.05. The van der Waals surface area contributed by atoms with Crippen LogP contribution >= 0.6 is 15.9 Å². The quantitative estimate of drug-likeness (QED) is 0.774. The number of ether oxygens (including phenoxy) is 1. The molecule has 1 rings (SSSR count). The second kappa shape index (κ2) is 6.82. The lowest BCUT2D eigenvalue weighted by Gasteiger charge is -2.06. The Morgan fingerprint density at radius 3 is 2.80 bits per heavy atom. The van der Waals surface area contributed by atoms with Gasteiger partial charge in [-0.1, -0.05) is 6.07 Å². The van der Waals surface area contributed by atoms with Gasteiger partial charge < -0.3 is 15.2 Å². The zero-order valence-corrected chi connectivity index (χ0v) is 10.4. The summed E-state index contributed by atoms with van der Waals surface area (Å²) in [7, 11) is 1.66. The summed E-state index contributed by atoms with van der Waals surface area (Å²) in [4.78, 5) is 0. The van der Waals surface area contributed by atoms with Crippen molar-refractivity contribution >= 4 is 15.9 Å². The van der Waals surface area contributed by atoms with Gasteiger partial charge in [0, 0.05) is 6.54 Å². The first-order chi connectivity index (χ1) is 7.27. The summed E-state index contributed by atoms with van der Waals surface area (Å²) in [6.07, 6.45) is 0.947. The number of methoxy groups -OCH3 is 1. The third kappa shape index (κ3) is 4.20. The first-order valence-corrected chi connectivity index (χ1v) is 5.71. The standard InChI is InChI=1S/C11H16BrNO2/c1-15-11-3-2-9(8-10(11)12)4-5-13-6-7-14/h2-3,8,13-14H,4-7H2,1H3. The van der Waals surface area contributed by atoms with E-state index < -0.39 is 0 Å². The van der Waals surface area contributed by atoms with Crippen molar-refractivity contribution in [3.8, 4) is 5.75 Å². The lowest BCUT2D eigenvalue weighted by Crippen LogP contribution is -2.20. The van der Waals surface area contributed by atoms with Crippen molar-refractivity contribution in [2.75, 3.05) is 26.8 Å². The van der Waals surface area contributed by atoms with E-state index in [2.05, 4.69) is 27.3 Å². The fourth-order valence-electron chi connectivity index (χ4n) is 1.30. The Kier molecular flexibility index (Phi) is 5.68. The summed E-state index contributed by atoms with van der Waals surface area (Å²) < 4.78 is 6.12. The highest BCUT2D eigenvalue weighted by atomic mass is 79.9. The fourth-order valence-corrected chi connectivity index (χ4v) is 1.89. The Balaban J connectivity index is 2.45. The first kappa shape index (κ1) is 12.5. The van der Waals surface area contributed by atoms with Crippen LogP contribution in [0.15, 0.2) is 22.7 Å². The number of hydrogen-bond acceptors (Lipinski definition) is 3. The molecular formula is C11H16BrNO2. The maximum Gasteiger partial charge on any atom is 0.133 e. The summed E-state index contributed by atoms with van der Waals surface area (Å²) in [5, 5.41) is 11.7. The summed E-state index contributed by atoms with van der Waals surface area (Å²) >= 11 is 3.44. The van der Waals surface area contributed by atoms with Gasteiger partial charge >= 0.3 is 0 Å². The van der Waals surface area contributed by atoms with Gasteiger partial charge in [-0.3, -0.25) is 0 Å². The van der Waals surface area contributed by atoms with Crippen LogP contribution in [0.5, 0.6) is 5.75 Å². The molecule has 1 aromatic rings. The van der Waals surface area contributed by atoms with E-state index in [9.17, 15) is 0 Å². The second-order valence-electron chi connectivity index (χ2n) is 3.19. The molecule has 0 saturated heterocycles. The molecule has 0 fully saturated rings. The number of aliphatic hydroxyl groups is 1. The SMILES string of the molecule is COc1ccc(CCNCCO)cc1Br. The Hall–Kier alpha value is -0.580. The Morgan fingerprint density at radius 2 is 2.20 bits per heavy atom. The van der Waals surface area contributed by atoms with Gasteiger partial charge in [0.2, 0.25) is 0 Å². The monoisotopic (exact) mass is 273 g/mol. The van der Waals surface area contributed by atoms with Gasteiger partial charge in [0.25, 0.3) is 0 Å². The minimum atomic E-state index is 0.187. The molecule has 0 radical (unpaired) electrons. The van der Waals surface area contributed by atoms with E-state index in [-0.39, 0.29) is 6.61 Å². The summed E-state index contributed by atoms with van der Waals surface area (Å²) in [5.41, 5.74) is 1.24. The smallest absolute Gasteiger partial charge is 0.133 e. The molecule has 84 valence electrons. The largest absolute Gasteiger partial charge is 0.496 e. The van der Waals surface area contributed by atoms with Gasteiger partial charge in [-0.25, -0.2) is 0 Å². The highest BCUT2D eigenvalue weighted by molar-refractivity contribution is 9.10. The minimum Gasteiger partial charge on any atom is -0.496 e. The highest BCUT2D eigenvalue weighted by Gasteiger charge is 2.00. The minimum absolute atomic E-state index is 0.187. The van der Waals surface area contributed by atoms with Crippen LogP contribution in [0.25, 0.3) is 0 Å². The molecule has 4 heteroatoms. The maximum atomic E-state index is 8.59. The predicted octanol–water partition coefficient (Wildman–Crippen LogP) is 1.58. The van der Waals surface area contributed by atoms with E-state index in [4.69, 9.17) is 9.84 Å². The molecule has 0 aromatic heterocycles. The molecule has 0 bridgehead atoms. The van der Waals surface area contributed by atoms with Crippen LogP contribution in [0, 0.1) is 0 Å². The van der Waals surface area contributed by atoms with Crippen LogP contribution in [0.3, 0.4) is 0 Å². The van der Waals surface area contributed by atoms with Gasteiger partial charge in [-0.2, -0.15) is 0 Å². The zero-order valence-electron chi connectivity index (χ0n) is 8.79. The lowest BCUT2D eigenvalue weighted by atomic mass is 10.1. The van der Waals surface area contributed by atoms with Crippen LogP contribution in [-0.2, 0) is 6.42 Å². The number of hydrogen-bond donors (Lipinski definition) is 2. The number of aliphatic hydroxyl groups excluding tert-OH is 1. The molecule has 15 heavy (non-hydrogen) atoms. The Bertz CT molecular complexity index is 305. The van der Waals surface area contributed by atoms with Gasteiger partial charge in [0.15, 0.2) is 0 Å². The highest BCUT2D eigenvalue weighted by Crippen LogP contribution is 2.25. The third-order valence-corrected chi connectivity index (χ3v) is 2.71. The van der Waals surface area contributed by atoms with E-state index in [1.165, 1.54) is 5.56 Å². The normalized spacial score (nSPS) is 10.3. The number of halogens is 1. The van der Waals surface area contributed by atoms with Crippen molar-refractivity contribution in [3.63, 3.8) is 0 Å². The number of nitrogens with one attached hydrogen (secondary N) is 1. The molecule has 0 amide bonds.